The highest BCUT2D eigenvalue weighted by Gasteiger charge is 2.39. The van der Waals surface area contributed by atoms with Gasteiger partial charge in [0.05, 0.1) is 0 Å². The fraction of sp³-hybridized carbons (Fsp3) is 0.462. The molecule has 2 fully saturated rings. The first-order valence-corrected chi connectivity index (χ1v) is 11.3. The highest BCUT2D eigenvalue weighted by molar-refractivity contribution is 5.96. The summed E-state index contributed by atoms with van der Waals surface area (Å²) in [4.78, 5) is 30.1. The molecule has 1 aliphatic heterocycles. The largest absolute Gasteiger partial charge is 0.371 e. The molecular weight excluding hydrogens is 372 g/mol. The predicted octanol–water partition coefficient (Wildman–Crippen LogP) is 5.23. The molecule has 0 N–H and O–H groups in total. The molecule has 0 aromatic heterocycles. The number of rotatable bonds is 6. The molecule has 1 aliphatic carbocycles. The second-order valence-electron chi connectivity index (χ2n) is 8.87. The van der Waals surface area contributed by atoms with Crippen LogP contribution in [0.4, 0.5) is 11.4 Å². The van der Waals surface area contributed by atoms with Gasteiger partial charge >= 0.3 is 0 Å². The third kappa shape index (κ3) is 4.58. The minimum absolute atomic E-state index is 0.105. The fourth-order valence-electron chi connectivity index (χ4n) is 5.06. The number of amides is 1. The van der Waals surface area contributed by atoms with Crippen molar-refractivity contribution in [2.75, 3.05) is 22.9 Å². The van der Waals surface area contributed by atoms with Gasteiger partial charge in [0.15, 0.2) is 0 Å². The second kappa shape index (κ2) is 9.46. The van der Waals surface area contributed by atoms with Gasteiger partial charge in [-0.1, -0.05) is 55.7 Å². The second-order valence-corrected chi connectivity index (χ2v) is 8.87. The monoisotopic (exact) mass is 404 g/mol. The Hall–Kier alpha value is -2.62. The Morgan fingerprint density at radius 1 is 0.933 bits per heavy atom. The van der Waals surface area contributed by atoms with E-state index in [1.165, 1.54) is 24.9 Å². The van der Waals surface area contributed by atoms with E-state index < -0.39 is 5.41 Å². The van der Waals surface area contributed by atoms with E-state index in [0.717, 1.165) is 50.7 Å². The molecule has 1 heterocycles. The van der Waals surface area contributed by atoms with Crippen LogP contribution in [0.3, 0.4) is 0 Å². The molecular formula is C26H32N2O2. The predicted molar refractivity (Wildman–Crippen MR) is 122 cm³/mol. The third-order valence-corrected chi connectivity index (χ3v) is 6.88. The summed E-state index contributed by atoms with van der Waals surface area (Å²) in [6.07, 6.45) is 8.53. The average Bonchev–Trinajstić information content (AvgIpc) is 2.82. The van der Waals surface area contributed by atoms with Gasteiger partial charge in [0.2, 0.25) is 5.91 Å². The normalized spacial score (nSPS) is 19.3. The van der Waals surface area contributed by atoms with Crippen LogP contribution in [0.25, 0.3) is 0 Å². The van der Waals surface area contributed by atoms with E-state index in [1.54, 1.807) is 0 Å². The minimum Gasteiger partial charge on any atom is -0.371 e. The molecule has 1 saturated heterocycles. The summed E-state index contributed by atoms with van der Waals surface area (Å²) < 4.78 is 0. The van der Waals surface area contributed by atoms with Crippen LogP contribution < -0.4 is 9.80 Å². The number of para-hydroxylation sites is 2. The van der Waals surface area contributed by atoms with E-state index in [9.17, 15) is 9.59 Å². The smallest absolute Gasteiger partial charge is 0.228 e. The number of piperidine rings is 1. The van der Waals surface area contributed by atoms with Gasteiger partial charge in [0, 0.05) is 42.3 Å². The summed E-state index contributed by atoms with van der Waals surface area (Å²) in [5.41, 5.74) is 1.61. The summed E-state index contributed by atoms with van der Waals surface area (Å²) in [5.74, 6) is 0.105. The van der Waals surface area contributed by atoms with Crippen molar-refractivity contribution >= 4 is 23.6 Å². The van der Waals surface area contributed by atoms with Crippen molar-refractivity contribution < 1.29 is 9.59 Å². The first kappa shape index (κ1) is 20.6. The highest BCUT2D eigenvalue weighted by atomic mass is 16.2. The van der Waals surface area contributed by atoms with Crippen molar-refractivity contribution in [3.05, 3.63) is 60.7 Å². The molecule has 0 bridgehead atoms. The maximum Gasteiger partial charge on any atom is 0.228 e. The van der Waals surface area contributed by atoms with E-state index >= 15 is 0 Å². The summed E-state index contributed by atoms with van der Waals surface area (Å²) in [5, 5.41) is 0. The van der Waals surface area contributed by atoms with Crippen LogP contribution in [0.2, 0.25) is 0 Å². The number of carbonyl (C=O) groups is 2. The van der Waals surface area contributed by atoms with Crippen molar-refractivity contribution in [3.63, 3.8) is 0 Å². The van der Waals surface area contributed by atoms with E-state index in [-0.39, 0.29) is 11.9 Å². The lowest BCUT2D eigenvalue weighted by molar-refractivity contribution is -0.127. The van der Waals surface area contributed by atoms with E-state index in [1.807, 2.05) is 53.4 Å². The third-order valence-electron chi connectivity index (χ3n) is 6.88. The van der Waals surface area contributed by atoms with Crippen molar-refractivity contribution in [1.82, 2.24) is 0 Å². The standard InChI is InChI=1S/C26H32N2O2/c29-21-26(16-18-27(19-17-26)22-10-4-1-5-11-22)20-25(30)28(23-12-6-2-7-13-23)24-14-8-3-9-15-24/h1-2,4-7,10-13,21,24H,3,8-9,14-20H2. The highest BCUT2D eigenvalue weighted by Crippen LogP contribution is 2.37. The molecule has 2 aliphatic rings. The zero-order chi connectivity index (χ0) is 20.8. The lowest BCUT2D eigenvalue weighted by Gasteiger charge is -2.41. The summed E-state index contributed by atoms with van der Waals surface area (Å²) in [7, 11) is 0. The Balaban J connectivity index is 1.48. The molecule has 0 radical (unpaired) electrons. The molecule has 0 spiro atoms. The van der Waals surface area contributed by atoms with Crippen LogP contribution >= 0.6 is 0 Å². The first-order valence-electron chi connectivity index (χ1n) is 11.3. The Morgan fingerprint density at radius 2 is 1.53 bits per heavy atom. The number of anilines is 2. The zero-order valence-electron chi connectivity index (χ0n) is 17.7. The number of nitrogens with zero attached hydrogens (tertiary/aromatic N) is 2. The van der Waals surface area contributed by atoms with Crippen LogP contribution in [0.1, 0.15) is 51.4 Å². The molecule has 2 aromatic rings. The number of aldehydes is 1. The van der Waals surface area contributed by atoms with E-state index in [0.29, 0.717) is 6.42 Å². The van der Waals surface area contributed by atoms with E-state index in [2.05, 4.69) is 17.0 Å². The Labute approximate surface area is 179 Å². The summed E-state index contributed by atoms with van der Waals surface area (Å²) >= 11 is 0. The van der Waals surface area contributed by atoms with Crippen LogP contribution in [-0.2, 0) is 9.59 Å². The SMILES string of the molecule is O=CC1(CC(=O)N(c2ccccc2)C2CCCCC2)CCN(c2ccccc2)CC1. The van der Waals surface area contributed by atoms with Gasteiger partial charge in [0.25, 0.3) is 0 Å². The van der Waals surface area contributed by atoms with Gasteiger partial charge in [-0.3, -0.25) is 4.79 Å². The van der Waals surface area contributed by atoms with Gasteiger partial charge in [-0.05, 0) is 49.9 Å². The average molecular weight is 405 g/mol. The van der Waals surface area contributed by atoms with Crippen molar-refractivity contribution in [3.8, 4) is 0 Å². The Kier molecular flexibility index (Phi) is 6.51. The van der Waals surface area contributed by atoms with Crippen LogP contribution in [0.5, 0.6) is 0 Å². The number of hydrogen-bond donors (Lipinski definition) is 0. The first-order chi connectivity index (χ1) is 14.7. The topological polar surface area (TPSA) is 40.6 Å². The molecule has 158 valence electrons. The van der Waals surface area contributed by atoms with Gasteiger partial charge in [0.1, 0.15) is 6.29 Å². The molecule has 0 atom stereocenters. The molecule has 4 rings (SSSR count). The molecule has 4 heteroatoms. The number of hydrogen-bond acceptors (Lipinski definition) is 3. The number of carbonyl (C=O) groups excluding carboxylic acids is 2. The van der Waals surface area contributed by atoms with Crippen molar-refractivity contribution in [2.45, 2.75) is 57.4 Å². The van der Waals surface area contributed by atoms with Crippen LogP contribution in [0.15, 0.2) is 60.7 Å². The lowest BCUT2D eigenvalue weighted by atomic mass is 9.76. The maximum absolute atomic E-state index is 13.6. The van der Waals surface area contributed by atoms with Gasteiger partial charge in [-0.25, -0.2) is 0 Å². The number of benzene rings is 2. The Morgan fingerprint density at radius 3 is 2.13 bits per heavy atom. The van der Waals surface area contributed by atoms with E-state index in [4.69, 9.17) is 0 Å². The van der Waals surface area contributed by atoms with Crippen molar-refractivity contribution in [2.24, 2.45) is 5.41 Å². The molecule has 30 heavy (non-hydrogen) atoms. The fourth-order valence-corrected chi connectivity index (χ4v) is 5.06. The molecule has 1 saturated carbocycles. The minimum atomic E-state index is -0.552. The quantitative estimate of drug-likeness (QED) is 0.619. The summed E-state index contributed by atoms with van der Waals surface area (Å²) in [6.45, 7) is 1.62. The Bertz CT molecular complexity index is 823. The molecule has 0 unspecified atom stereocenters. The van der Waals surface area contributed by atoms with Crippen LogP contribution in [-0.4, -0.2) is 31.3 Å². The van der Waals surface area contributed by atoms with Gasteiger partial charge in [-0.2, -0.15) is 0 Å². The molecule has 1 amide bonds. The maximum atomic E-state index is 13.6. The summed E-state index contributed by atoms with van der Waals surface area (Å²) in [6, 6.07) is 20.6. The van der Waals surface area contributed by atoms with Crippen molar-refractivity contribution in [1.29, 1.82) is 0 Å². The van der Waals surface area contributed by atoms with Crippen LogP contribution in [0, 0.1) is 5.41 Å². The van der Waals surface area contributed by atoms with Gasteiger partial charge < -0.3 is 14.6 Å². The molecule has 4 nitrogen and oxygen atoms in total. The lowest BCUT2D eigenvalue weighted by Crippen LogP contribution is -2.47. The zero-order valence-corrected chi connectivity index (χ0v) is 17.7. The van der Waals surface area contributed by atoms with Gasteiger partial charge in [-0.15, -0.1) is 0 Å². The molecule has 2 aromatic carbocycles.